The smallest absolute Gasteiger partial charge is 0.227 e. The molecule has 0 radical (unpaired) electrons. The summed E-state index contributed by atoms with van der Waals surface area (Å²) in [7, 11) is 1.47. The van der Waals surface area contributed by atoms with E-state index in [1.165, 1.54) is 19.4 Å². The van der Waals surface area contributed by atoms with Gasteiger partial charge in [-0.1, -0.05) is 6.92 Å². The third kappa shape index (κ3) is 3.76. The van der Waals surface area contributed by atoms with Gasteiger partial charge in [0.1, 0.15) is 12.0 Å². The standard InChI is InChI=1S/C19H30N2O4/c1-3-7-20-9-5-18-19(13-20,14-22)6-4-8-21(18)11-15-10-16(23)17(24-2)12-25-15/h10,12,18,22H,3-9,11,13-14H2,1-2H3/t18-,19-/m1/s1. The van der Waals surface area contributed by atoms with Crippen LogP contribution in [0.4, 0.5) is 0 Å². The number of piperidine rings is 2. The predicted molar refractivity (Wildman–Crippen MR) is 95.8 cm³/mol. The molecule has 2 aliphatic rings. The Morgan fingerprint density at radius 1 is 1.44 bits per heavy atom. The number of aliphatic hydroxyl groups excluding tert-OH is 1. The molecule has 0 unspecified atom stereocenters. The molecule has 140 valence electrons. The average molecular weight is 350 g/mol. The molecule has 3 heterocycles. The molecule has 1 N–H and O–H groups in total. The van der Waals surface area contributed by atoms with Crippen molar-refractivity contribution in [3.8, 4) is 5.75 Å². The second kappa shape index (κ2) is 7.89. The average Bonchev–Trinajstić information content (AvgIpc) is 2.62. The largest absolute Gasteiger partial charge is 0.490 e. The van der Waals surface area contributed by atoms with Gasteiger partial charge >= 0.3 is 0 Å². The van der Waals surface area contributed by atoms with Crippen LogP contribution in [0.25, 0.3) is 0 Å². The van der Waals surface area contributed by atoms with Crippen molar-refractivity contribution >= 4 is 0 Å². The van der Waals surface area contributed by atoms with Crippen LogP contribution < -0.4 is 10.2 Å². The van der Waals surface area contributed by atoms with E-state index >= 15 is 0 Å². The van der Waals surface area contributed by atoms with E-state index in [1.807, 2.05) is 0 Å². The minimum atomic E-state index is -0.146. The fraction of sp³-hybridized carbons (Fsp3) is 0.737. The number of likely N-dealkylation sites (tertiary alicyclic amines) is 2. The Balaban J connectivity index is 1.76. The van der Waals surface area contributed by atoms with Crippen molar-refractivity contribution in [2.75, 3.05) is 39.9 Å². The van der Waals surface area contributed by atoms with E-state index in [0.29, 0.717) is 18.3 Å². The van der Waals surface area contributed by atoms with Crippen LogP contribution in [0.3, 0.4) is 0 Å². The first kappa shape index (κ1) is 18.4. The molecule has 3 rings (SSSR count). The van der Waals surface area contributed by atoms with Gasteiger partial charge < -0.3 is 19.2 Å². The highest BCUT2D eigenvalue weighted by molar-refractivity contribution is 5.17. The van der Waals surface area contributed by atoms with Crippen molar-refractivity contribution in [1.29, 1.82) is 0 Å². The first-order valence-corrected chi connectivity index (χ1v) is 9.35. The van der Waals surface area contributed by atoms with Crippen LogP contribution in [0, 0.1) is 5.41 Å². The maximum atomic E-state index is 12.0. The Hall–Kier alpha value is -1.37. The van der Waals surface area contributed by atoms with E-state index in [-0.39, 0.29) is 23.2 Å². The van der Waals surface area contributed by atoms with E-state index in [4.69, 9.17) is 9.15 Å². The Morgan fingerprint density at radius 3 is 2.96 bits per heavy atom. The lowest BCUT2D eigenvalue weighted by molar-refractivity contribution is -0.0830. The van der Waals surface area contributed by atoms with Crippen molar-refractivity contribution in [3.63, 3.8) is 0 Å². The number of methoxy groups -OCH3 is 1. The van der Waals surface area contributed by atoms with Gasteiger partial charge in [0, 0.05) is 24.1 Å². The van der Waals surface area contributed by atoms with E-state index in [2.05, 4.69) is 16.7 Å². The SMILES string of the molecule is CCCN1CC[C@H]2N(Cc3cc(=O)c(OC)co3)CCC[C@]2(CO)C1. The molecule has 6 nitrogen and oxygen atoms in total. The number of hydrogen-bond donors (Lipinski definition) is 1. The normalized spacial score (nSPS) is 27.9. The Kier molecular flexibility index (Phi) is 5.81. The Morgan fingerprint density at radius 2 is 2.28 bits per heavy atom. The molecule has 25 heavy (non-hydrogen) atoms. The van der Waals surface area contributed by atoms with Gasteiger partial charge in [0.25, 0.3) is 0 Å². The van der Waals surface area contributed by atoms with Crippen LogP contribution in [-0.4, -0.2) is 60.8 Å². The fourth-order valence-electron chi connectivity index (χ4n) is 4.65. The molecule has 2 saturated heterocycles. The highest BCUT2D eigenvalue weighted by atomic mass is 16.5. The Labute approximate surface area is 149 Å². The number of aliphatic hydroxyl groups is 1. The molecule has 6 heteroatoms. The summed E-state index contributed by atoms with van der Waals surface area (Å²) >= 11 is 0. The van der Waals surface area contributed by atoms with E-state index < -0.39 is 0 Å². The second-order valence-electron chi connectivity index (χ2n) is 7.45. The summed E-state index contributed by atoms with van der Waals surface area (Å²) in [5.41, 5.74) is -0.203. The molecule has 0 aliphatic carbocycles. The molecule has 0 amide bonds. The maximum absolute atomic E-state index is 12.0. The van der Waals surface area contributed by atoms with Crippen LogP contribution in [0.2, 0.25) is 0 Å². The van der Waals surface area contributed by atoms with Crippen molar-refractivity contribution < 1.29 is 14.3 Å². The van der Waals surface area contributed by atoms with Crippen LogP contribution in [-0.2, 0) is 6.54 Å². The summed E-state index contributed by atoms with van der Waals surface area (Å²) < 4.78 is 10.6. The lowest BCUT2D eigenvalue weighted by atomic mass is 9.69. The van der Waals surface area contributed by atoms with Gasteiger partial charge in [-0.05, 0) is 45.3 Å². The molecule has 1 aromatic rings. The van der Waals surface area contributed by atoms with Crippen molar-refractivity contribution in [3.05, 3.63) is 28.3 Å². The zero-order valence-corrected chi connectivity index (χ0v) is 15.4. The lowest BCUT2D eigenvalue weighted by Gasteiger charge is -2.54. The van der Waals surface area contributed by atoms with Gasteiger partial charge in [0.05, 0.1) is 20.3 Å². The first-order valence-electron chi connectivity index (χ1n) is 9.35. The quantitative estimate of drug-likeness (QED) is 0.842. The van der Waals surface area contributed by atoms with Gasteiger partial charge in [-0.3, -0.25) is 9.69 Å². The monoisotopic (exact) mass is 350 g/mol. The number of hydrogen-bond acceptors (Lipinski definition) is 6. The summed E-state index contributed by atoms with van der Waals surface area (Å²) in [6.45, 7) is 7.16. The zero-order chi connectivity index (χ0) is 17.9. The molecule has 2 atom stereocenters. The molecule has 0 saturated carbocycles. The third-order valence-corrected chi connectivity index (χ3v) is 5.81. The number of nitrogens with zero attached hydrogens (tertiary/aromatic N) is 2. The van der Waals surface area contributed by atoms with Crippen LogP contribution in [0.5, 0.6) is 5.75 Å². The van der Waals surface area contributed by atoms with Gasteiger partial charge in [-0.25, -0.2) is 0 Å². The minimum absolute atomic E-state index is 0.0571. The van der Waals surface area contributed by atoms with Gasteiger partial charge in [0.2, 0.25) is 11.2 Å². The molecule has 2 fully saturated rings. The molecule has 0 spiro atoms. The molecule has 2 aliphatic heterocycles. The summed E-state index contributed by atoms with van der Waals surface area (Å²) in [6.07, 6.45) is 5.73. The lowest BCUT2D eigenvalue weighted by Crippen LogP contribution is -2.62. The second-order valence-corrected chi connectivity index (χ2v) is 7.45. The van der Waals surface area contributed by atoms with E-state index in [0.717, 1.165) is 51.9 Å². The Bertz CT molecular complexity index is 632. The van der Waals surface area contributed by atoms with E-state index in [9.17, 15) is 9.90 Å². The third-order valence-electron chi connectivity index (χ3n) is 5.81. The molecule has 0 bridgehead atoms. The summed E-state index contributed by atoms with van der Waals surface area (Å²) in [6, 6.07) is 1.87. The van der Waals surface area contributed by atoms with Gasteiger partial charge in [-0.2, -0.15) is 0 Å². The first-order chi connectivity index (χ1) is 12.1. The molecule has 0 aromatic carbocycles. The summed E-state index contributed by atoms with van der Waals surface area (Å²) in [5.74, 6) is 0.899. The fourth-order valence-corrected chi connectivity index (χ4v) is 4.65. The summed E-state index contributed by atoms with van der Waals surface area (Å²) in [4.78, 5) is 16.9. The van der Waals surface area contributed by atoms with E-state index in [1.54, 1.807) is 0 Å². The predicted octanol–water partition coefficient (Wildman–Crippen LogP) is 1.71. The van der Waals surface area contributed by atoms with Crippen LogP contribution in [0.1, 0.15) is 38.4 Å². The van der Waals surface area contributed by atoms with Crippen LogP contribution >= 0.6 is 0 Å². The molecular weight excluding hydrogens is 320 g/mol. The molecular formula is C19H30N2O4. The van der Waals surface area contributed by atoms with Crippen molar-refractivity contribution in [2.24, 2.45) is 5.41 Å². The highest BCUT2D eigenvalue weighted by Gasteiger charge is 2.47. The van der Waals surface area contributed by atoms with Gasteiger partial charge in [-0.15, -0.1) is 0 Å². The maximum Gasteiger partial charge on any atom is 0.227 e. The van der Waals surface area contributed by atoms with Crippen molar-refractivity contribution in [2.45, 2.75) is 45.2 Å². The van der Waals surface area contributed by atoms with Crippen molar-refractivity contribution in [1.82, 2.24) is 9.80 Å². The summed E-state index contributed by atoms with van der Waals surface area (Å²) in [5, 5.41) is 10.2. The minimum Gasteiger partial charge on any atom is -0.490 e. The van der Waals surface area contributed by atoms with Gasteiger partial charge in [0.15, 0.2) is 0 Å². The number of rotatable bonds is 6. The highest BCUT2D eigenvalue weighted by Crippen LogP contribution is 2.41. The topological polar surface area (TPSA) is 66.2 Å². The number of ether oxygens (including phenoxy) is 1. The zero-order valence-electron chi connectivity index (χ0n) is 15.4. The van der Waals surface area contributed by atoms with Crippen LogP contribution in [0.15, 0.2) is 21.5 Å². The number of fused-ring (bicyclic) bond motifs is 1. The molecule has 1 aromatic heterocycles.